The van der Waals surface area contributed by atoms with Crippen LogP contribution in [0.1, 0.15) is 35.2 Å². The number of rotatable bonds is 1. The highest BCUT2D eigenvalue weighted by Crippen LogP contribution is 2.41. The first kappa shape index (κ1) is 17.5. The molecule has 0 spiro atoms. The van der Waals surface area contributed by atoms with Crippen LogP contribution in [0.25, 0.3) is 11.2 Å². The maximum absolute atomic E-state index is 14.7. The van der Waals surface area contributed by atoms with Crippen molar-refractivity contribution in [2.24, 2.45) is 0 Å². The molecule has 0 bridgehead atoms. The number of aromatic nitrogens is 3. The first-order valence-corrected chi connectivity index (χ1v) is 10.2. The van der Waals surface area contributed by atoms with Crippen molar-refractivity contribution in [2.75, 3.05) is 19.8 Å². The molecule has 6 nitrogen and oxygen atoms in total. The maximum atomic E-state index is 14.7. The van der Waals surface area contributed by atoms with E-state index in [-0.39, 0.29) is 11.7 Å². The fourth-order valence-electron chi connectivity index (χ4n) is 4.74. The maximum Gasteiger partial charge on any atom is 0.163 e. The molecule has 152 valence electrons. The Morgan fingerprint density at radius 3 is 2.90 bits per heavy atom. The zero-order chi connectivity index (χ0) is 20.2. The van der Waals surface area contributed by atoms with Gasteiger partial charge in [0.15, 0.2) is 5.65 Å². The Morgan fingerprint density at radius 2 is 2.03 bits per heavy atom. The van der Waals surface area contributed by atoms with Crippen LogP contribution in [-0.4, -0.2) is 34.4 Å². The lowest BCUT2D eigenvalue weighted by atomic mass is 9.93. The summed E-state index contributed by atoms with van der Waals surface area (Å²) in [6, 6.07) is 5.28. The van der Waals surface area contributed by atoms with Gasteiger partial charge in [0.25, 0.3) is 0 Å². The number of pyridine rings is 1. The molecule has 6 rings (SSSR count). The minimum absolute atomic E-state index is 0.0174. The van der Waals surface area contributed by atoms with E-state index in [4.69, 9.17) is 9.47 Å². The van der Waals surface area contributed by atoms with Gasteiger partial charge >= 0.3 is 0 Å². The van der Waals surface area contributed by atoms with Crippen LogP contribution >= 0.6 is 0 Å². The van der Waals surface area contributed by atoms with Gasteiger partial charge in [0.1, 0.15) is 23.6 Å². The van der Waals surface area contributed by atoms with Crippen molar-refractivity contribution in [3.8, 4) is 11.5 Å². The minimum atomic E-state index is -0.182. The van der Waals surface area contributed by atoms with Crippen molar-refractivity contribution in [1.29, 1.82) is 0 Å². The van der Waals surface area contributed by atoms with E-state index in [0.29, 0.717) is 26.1 Å². The highest BCUT2D eigenvalue weighted by atomic mass is 19.1. The number of ether oxygens (including phenoxy) is 2. The monoisotopic (exact) mass is 404 g/mol. The number of nitrogens with zero attached hydrogens (tertiary/aromatic N) is 3. The van der Waals surface area contributed by atoms with Gasteiger partial charge in [0.05, 0.1) is 24.8 Å². The normalized spacial score (nSPS) is 19.9. The number of hydrogen-bond donors (Lipinski definition) is 1. The largest absolute Gasteiger partial charge is 0.493 e. The molecular weight excluding hydrogens is 383 g/mol. The van der Waals surface area contributed by atoms with Crippen LogP contribution in [0.4, 0.5) is 4.39 Å². The summed E-state index contributed by atoms with van der Waals surface area (Å²) in [6.45, 7) is 3.82. The van der Waals surface area contributed by atoms with Crippen LogP contribution in [0, 0.1) is 5.82 Å². The fraction of sp³-hybridized carbons (Fsp3) is 0.304. The Balaban J connectivity index is 1.52. The average molecular weight is 404 g/mol. The van der Waals surface area contributed by atoms with E-state index in [1.165, 1.54) is 6.07 Å². The lowest BCUT2D eigenvalue weighted by Crippen LogP contribution is -2.17. The minimum Gasteiger partial charge on any atom is -0.493 e. The predicted molar refractivity (Wildman–Crippen MR) is 110 cm³/mol. The topological polar surface area (TPSA) is 60.7 Å². The zero-order valence-corrected chi connectivity index (χ0v) is 16.6. The molecule has 30 heavy (non-hydrogen) atoms. The van der Waals surface area contributed by atoms with Gasteiger partial charge in [-0.25, -0.2) is 13.9 Å². The Labute approximate surface area is 173 Å². The molecule has 1 aromatic carbocycles. The second kappa shape index (κ2) is 6.58. The Hall–Kier alpha value is -3.35. The summed E-state index contributed by atoms with van der Waals surface area (Å²) in [5.74, 6) is 1.38. The van der Waals surface area contributed by atoms with Crippen LogP contribution in [0.3, 0.4) is 0 Å². The van der Waals surface area contributed by atoms with Gasteiger partial charge in [-0.15, -0.1) is 0 Å². The van der Waals surface area contributed by atoms with Gasteiger partial charge in [-0.3, -0.25) is 0 Å². The van der Waals surface area contributed by atoms with Gasteiger partial charge in [0.2, 0.25) is 0 Å². The van der Waals surface area contributed by atoms with Gasteiger partial charge in [-0.2, -0.15) is 5.10 Å². The lowest BCUT2D eigenvalue weighted by Gasteiger charge is -2.19. The van der Waals surface area contributed by atoms with Crippen LogP contribution in [0.5, 0.6) is 11.5 Å². The number of dihydropyridines is 1. The van der Waals surface area contributed by atoms with E-state index < -0.39 is 0 Å². The molecule has 3 aliphatic rings. The number of allylic oxidation sites excluding steroid dienone is 3. The number of aryl methyl sites for hydroxylation is 1. The number of halogens is 1. The summed E-state index contributed by atoms with van der Waals surface area (Å²) in [4.78, 5) is 4.52. The molecular formula is C23H21FN4O2. The highest BCUT2D eigenvalue weighted by molar-refractivity contribution is 5.85. The summed E-state index contributed by atoms with van der Waals surface area (Å²) in [5.41, 5.74) is 6.51. The molecule has 1 N–H and O–H groups in total. The van der Waals surface area contributed by atoms with E-state index in [2.05, 4.69) is 40.5 Å². The summed E-state index contributed by atoms with van der Waals surface area (Å²) in [6.07, 6.45) is 6.92. The average Bonchev–Trinajstić information content (AvgIpc) is 3.40. The second-order valence-corrected chi connectivity index (χ2v) is 7.94. The van der Waals surface area contributed by atoms with Crippen LogP contribution in [0.2, 0.25) is 0 Å². The van der Waals surface area contributed by atoms with E-state index in [0.717, 1.165) is 57.3 Å². The second-order valence-electron chi connectivity index (χ2n) is 7.94. The van der Waals surface area contributed by atoms with E-state index in [1.807, 2.05) is 4.52 Å². The van der Waals surface area contributed by atoms with Crippen molar-refractivity contribution in [3.05, 3.63) is 70.6 Å². The molecule has 0 saturated heterocycles. The summed E-state index contributed by atoms with van der Waals surface area (Å²) in [7, 11) is 0. The van der Waals surface area contributed by atoms with Crippen LogP contribution < -0.4 is 14.8 Å². The fourth-order valence-corrected chi connectivity index (χ4v) is 4.74. The van der Waals surface area contributed by atoms with Crippen molar-refractivity contribution in [3.63, 3.8) is 0 Å². The van der Waals surface area contributed by atoms with Gasteiger partial charge in [0, 0.05) is 28.9 Å². The van der Waals surface area contributed by atoms with Crippen molar-refractivity contribution >= 4 is 11.2 Å². The van der Waals surface area contributed by atoms with Crippen molar-refractivity contribution in [2.45, 2.75) is 25.7 Å². The van der Waals surface area contributed by atoms with Gasteiger partial charge in [-0.05, 0) is 43.5 Å². The number of fused-ring (bicyclic) bond motifs is 3. The van der Waals surface area contributed by atoms with Gasteiger partial charge < -0.3 is 14.8 Å². The number of nitrogens with one attached hydrogen (secondary N) is 1. The Bertz CT molecular complexity index is 1240. The van der Waals surface area contributed by atoms with E-state index >= 15 is 0 Å². The van der Waals surface area contributed by atoms with E-state index in [9.17, 15) is 4.39 Å². The number of hydrogen-bond acceptors (Lipinski definition) is 5. The molecule has 5 heterocycles. The molecule has 0 saturated carbocycles. The lowest BCUT2D eigenvalue weighted by molar-refractivity contribution is 0.246. The molecule has 2 aromatic heterocycles. The molecule has 0 unspecified atom stereocenters. The van der Waals surface area contributed by atoms with Crippen LogP contribution in [0.15, 0.2) is 42.4 Å². The molecule has 0 aliphatic carbocycles. The first-order chi connectivity index (χ1) is 14.7. The van der Waals surface area contributed by atoms with Crippen molar-refractivity contribution in [1.82, 2.24) is 19.9 Å². The molecule has 3 aromatic rings. The SMILES string of the molecule is CC1=C(c2cc3c(n4ncnc24)CCc2c(F)ccc4c2[C@H](CO4)CO3)C=CCN1. The highest BCUT2D eigenvalue weighted by Gasteiger charge is 2.32. The summed E-state index contributed by atoms with van der Waals surface area (Å²) in [5, 5.41) is 7.86. The van der Waals surface area contributed by atoms with Crippen LogP contribution in [-0.2, 0) is 12.8 Å². The standard InChI is InChI=1S/C23H21FN4O2/c1-13-15(3-2-8-25-13)17-9-21-19(28-23(17)26-12-27-28)6-4-16-18(24)5-7-20-22(16)14(10-29-20)11-30-21/h2-3,5,7,9,12,14,25H,4,6,8,10-11H2,1H3/t14-/m1/s1. The molecule has 7 heteroatoms. The van der Waals surface area contributed by atoms with Gasteiger partial charge in [-0.1, -0.05) is 12.2 Å². The smallest absolute Gasteiger partial charge is 0.163 e. The third-order valence-electron chi connectivity index (χ3n) is 6.23. The Morgan fingerprint density at radius 1 is 1.17 bits per heavy atom. The molecule has 0 amide bonds. The number of benzene rings is 1. The molecule has 1 atom stereocenters. The summed E-state index contributed by atoms with van der Waals surface area (Å²) < 4.78 is 28.7. The zero-order valence-electron chi connectivity index (χ0n) is 16.6. The molecule has 0 radical (unpaired) electrons. The van der Waals surface area contributed by atoms with E-state index in [1.54, 1.807) is 12.4 Å². The summed E-state index contributed by atoms with van der Waals surface area (Å²) >= 11 is 0. The predicted octanol–water partition coefficient (Wildman–Crippen LogP) is 3.41. The Kier molecular flexibility index (Phi) is 3.84. The quantitative estimate of drug-likeness (QED) is 0.674. The molecule has 3 aliphatic heterocycles. The van der Waals surface area contributed by atoms with Crippen molar-refractivity contribution < 1.29 is 13.9 Å². The molecule has 0 fully saturated rings. The third-order valence-corrected chi connectivity index (χ3v) is 6.23. The third kappa shape index (κ3) is 2.54. The first-order valence-electron chi connectivity index (χ1n) is 10.2.